The van der Waals surface area contributed by atoms with E-state index in [2.05, 4.69) is 47.2 Å². The summed E-state index contributed by atoms with van der Waals surface area (Å²) in [6.07, 6.45) is 3.76. The zero-order chi connectivity index (χ0) is 9.78. The summed E-state index contributed by atoms with van der Waals surface area (Å²) < 4.78 is 0. The molecule has 0 amide bonds. The van der Waals surface area contributed by atoms with Crippen LogP contribution in [-0.2, 0) is 0 Å². The topological polar surface area (TPSA) is 0 Å². The third kappa shape index (κ3) is 7.02. The molecule has 0 bridgehead atoms. The quantitative estimate of drug-likeness (QED) is 0.629. The van der Waals surface area contributed by atoms with Crippen molar-refractivity contribution in [1.82, 2.24) is 0 Å². The first kappa shape index (κ1) is 12.3. The van der Waals surface area contributed by atoms with E-state index >= 15 is 0 Å². The predicted octanol–water partition coefficient (Wildman–Crippen LogP) is 4.16. The molecule has 0 nitrogen and oxygen atoms in total. The molecule has 0 N–H and O–H groups in total. The molecule has 0 aliphatic carbocycles. The molecule has 0 saturated heterocycles. The molecule has 0 heterocycles. The van der Waals surface area contributed by atoms with Crippen LogP contribution in [-0.4, -0.2) is 5.25 Å². The normalized spacial score (nSPS) is 17.5. The molecule has 0 aromatic carbocycles. The summed E-state index contributed by atoms with van der Waals surface area (Å²) in [4.78, 5) is 0. The van der Waals surface area contributed by atoms with Gasteiger partial charge in [-0.3, -0.25) is 0 Å². The van der Waals surface area contributed by atoms with Crippen LogP contribution in [0.15, 0.2) is 0 Å². The molecule has 0 aromatic rings. The molecular formula is C11H24S. The van der Waals surface area contributed by atoms with Gasteiger partial charge in [0.25, 0.3) is 0 Å². The average molecular weight is 188 g/mol. The molecule has 0 saturated carbocycles. The first-order valence-electron chi connectivity index (χ1n) is 5.03. The fourth-order valence-electron chi connectivity index (χ4n) is 1.76. The van der Waals surface area contributed by atoms with Gasteiger partial charge in [0.15, 0.2) is 0 Å². The number of rotatable bonds is 4. The van der Waals surface area contributed by atoms with Crippen LogP contribution >= 0.6 is 12.6 Å². The molecule has 0 aliphatic rings. The third-order valence-electron chi connectivity index (χ3n) is 2.11. The first-order chi connectivity index (χ1) is 5.35. The molecule has 2 unspecified atom stereocenters. The maximum Gasteiger partial charge on any atom is 0.00167 e. The fourth-order valence-corrected chi connectivity index (χ4v) is 2.12. The van der Waals surface area contributed by atoms with Crippen LogP contribution in [0.2, 0.25) is 0 Å². The fraction of sp³-hybridized carbons (Fsp3) is 1.00. The maximum absolute atomic E-state index is 4.52. The van der Waals surface area contributed by atoms with E-state index in [4.69, 9.17) is 0 Å². The minimum atomic E-state index is 0.473. The Hall–Kier alpha value is 0.350. The number of hydrogen-bond acceptors (Lipinski definition) is 1. The molecule has 0 aliphatic heterocycles. The lowest BCUT2D eigenvalue weighted by molar-refractivity contribution is 0.295. The molecule has 0 radical (unpaired) electrons. The summed E-state index contributed by atoms with van der Waals surface area (Å²) >= 11 is 4.52. The summed E-state index contributed by atoms with van der Waals surface area (Å²) in [7, 11) is 0. The SMILES string of the molecule is CCC(S)CC(C)CC(C)(C)C. The number of thiol groups is 1. The summed E-state index contributed by atoms with van der Waals surface area (Å²) in [5, 5.41) is 0.599. The molecular weight excluding hydrogens is 164 g/mol. The highest BCUT2D eigenvalue weighted by atomic mass is 32.1. The van der Waals surface area contributed by atoms with Gasteiger partial charge < -0.3 is 0 Å². The van der Waals surface area contributed by atoms with Gasteiger partial charge in [-0.05, 0) is 30.6 Å². The van der Waals surface area contributed by atoms with Crippen molar-refractivity contribution in [3.05, 3.63) is 0 Å². The summed E-state index contributed by atoms with van der Waals surface area (Å²) in [6.45, 7) is 11.5. The Labute approximate surface area is 83.5 Å². The highest BCUT2D eigenvalue weighted by Crippen LogP contribution is 2.28. The van der Waals surface area contributed by atoms with E-state index in [1.165, 1.54) is 19.3 Å². The zero-order valence-corrected chi connectivity index (χ0v) is 10.1. The van der Waals surface area contributed by atoms with Crippen molar-refractivity contribution in [3.8, 4) is 0 Å². The van der Waals surface area contributed by atoms with Gasteiger partial charge >= 0.3 is 0 Å². The Bertz CT molecular complexity index is 113. The van der Waals surface area contributed by atoms with Gasteiger partial charge in [-0.25, -0.2) is 0 Å². The largest absolute Gasteiger partial charge is 0.176 e. The van der Waals surface area contributed by atoms with Crippen molar-refractivity contribution in [3.63, 3.8) is 0 Å². The predicted molar refractivity (Wildman–Crippen MR) is 60.9 cm³/mol. The Kier molecular flexibility index (Phi) is 5.31. The van der Waals surface area contributed by atoms with Gasteiger partial charge in [0.05, 0.1) is 0 Å². The minimum Gasteiger partial charge on any atom is -0.176 e. The summed E-state index contributed by atoms with van der Waals surface area (Å²) in [6, 6.07) is 0. The molecule has 0 spiro atoms. The molecule has 12 heavy (non-hydrogen) atoms. The van der Waals surface area contributed by atoms with E-state index in [9.17, 15) is 0 Å². The van der Waals surface area contributed by atoms with Gasteiger partial charge in [-0.2, -0.15) is 12.6 Å². The van der Waals surface area contributed by atoms with Crippen LogP contribution in [0.1, 0.15) is 53.9 Å². The summed E-state index contributed by atoms with van der Waals surface area (Å²) in [5.41, 5.74) is 0.473. The van der Waals surface area contributed by atoms with E-state index < -0.39 is 0 Å². The van der Waals surface area contributed by atoms with Crippen LogP contribution < -0.4 is 0 Å². The van der Waals surface area contributed by atoms with Gasteiger partial charge in [-0.15, -0.1) is 0 Å². The summed E-state index contributed by atoms with van der Waals surface area (Å²) in [5.74, 6) is 0.812. The molecule has 74 valence electrons. The lowest BCUT2D eigenvalue weighted by Crippen LogP contribution is -2.14. The van der Waals surface area contributed by atoms with Crippen LogP contribution in [0.25, 0.3) is 0 Å². The molecule has 0 rings (SSSR count). The lowest BCUT2D eigenvalue weighted by atomic mass is 9.83. The van der Waals surface area contributed by atoms with Gasteiger partial charge in [0, 0.05) is 5.25 Å². The molecule has 1 heteroatoms. The maximum atomic E-state index is 4.52. The standard InChI is InChI=1S/C11H24S/c1-6-10(12)7-9(2)8-11(3,4)5/h9-10,12H,6-8H2,1-5H3. The van der Waals surface area contributed by atoms with E-state index in [1.54, 1.807) is 0 Å². The van der Waals surface area contributed by atoms with Crippen LogP contribution in [0.3, 0.4) is 0 Å². The van der Waals surface area contributed by atoms with Crippen molar-refractivity contribution in [2.45, 2.75) is 59.1 Å². The monoisotopic (exact) mass is 188 g/mol. The van der Waals surface area contributed by atoms with Gasteiger partial charge in [-0.1, -0.05) is 34.6 Å². The second-order valence-electron chi connectivity index (χ2n) is 5.17. The smallest absolute Gasteiger partial charge is 0.00167 e. The highest BCUT2D eigenvalue weighted by molar-refractivity contribution is 7.80. The van der Waals surface area contributed by atoms with Crippen molar-refractivity contribution < 1.29 is 0 Å². The Balaban J connectivity index is 3.66. The zero-order valence-electron chi connectivity index (χ0n) is 9.22. The molecule has 2 atom stereocenters. The third-order valence-corrected chi connectivity index (χ3v) is 2.68. The number of hydrogen-bond donors (Lipinski definition) is 1. The lowest BCUT2D eigenvalue weighted by Gasteiger charge is -2.24. The van der Waals surface area contributed by atoms with E-state index in [0.29, 0.717) is 10.7 Å². The molecule has 0 fully saturated rings. The second kappa shape index (κ2) is 5.16. The van der Waals surface area contributed by atoms with Gasteiger partial charge in [0.1, 0.15) is 0 Å². The van der Waals surface area contributed by atoms with Crippen LogP contribution in [0.4, 0.5) is 0 Å². The Morgan fingerprint density at radius 2 is 1.75 bits per heavy atom. The van der Waals surface area contributed by atoms with Crippen molar-refractivity contribution in [2.75, 3.05) is 0 Å². The average Bonchev–Trinajstić information content (AvgIpc) is 1.82. The van der Waals surface area contributed by atoms with E-state index in [0.717, 1.165) is 5.92 Å². The van der Waals surface area contributed by atoms with Crippen LogP contribution in [0.5, 0.6) is 0 Å². The van der Waals surface area contributed by atoms with Crippen molar-refractivity contribution in [2.24, 2.45) is 11.3 Å². The second-order valence-corrected chi connectivity index (χ2v) is 5.90. The van der Waals surface area contributed by atoms with Crippen molar-refractivity contribution >= 4 is 12.6 Å². The van der Waals surface area contributed by atoms with Crippen molar-refractivity contribution in [1.29, 1.82) is 0 Å². The first-order valence-corrected chi connectivity index (χ1v) is 5.55. The Morgan fingerprint density at radius 1 is 1.25 bits per heavy atom. The highest BCUT2D eigenvalue weighted by Gasteiger charge is 2.16. The van der Waals surface area contributed by atoms with Gasteiger partial charge in [0.2, 0.25) is 0 Å². The van der Waals surface area contributed by atoms with Crippen LogP contribution in [0, 0.1) is 11.3 Å². The minimum absolute atomic E-state index is 0.473. The Morgan fingerprint density at radius 3 is 2.08 bits per heavy atom. The molecule has 0 aromatic heterocycles. The van der Waals surface area contributed by atoms with E-state index in [-0.39, 0.29) is 0 Å². The van der Waals surface area contributed by atoms with E-state index in [1.807, 2.05) is 0 Å².